The van der Waals surface area contributed by atoms with E-state index in [-0.39, 0.29) is 0 Å². The molecule has 2 fully saturated rings. The van der Waals surface area contributed by atoms with E-state index in [0.29, 0.717) is 0 Å². The minimum absolute atomic E-state index is 0.845. The fourth-order valence-corrected chi connectivity index (χ4v) is 3.01. The van der Waals surface area contributed by atoms with E-state index in [1.165, 1.54) is 0 Å². The van der Waals surface area contributed by atoms with Crippen molar-refractivity contribution in [1.29, 1.82) is 0 Å². The van der Waals surface area contributed by atoms with Gasteiger partial charge in [-0.2, -0.15) is 0 Å². The summed E-state index contributed by atoms with van der Waals surface area (Å²) < 4.78 is 81.3. The van der Waals surface area contributed by atoms with Crippen molar-refractivity contribution < 1.29 is 36.2 Å². The third kappa shape index (κ3) is 3.00. The Kier molecular flexibility index (Phi) is 4.79. The smallest absolute Gasteiger partial charge is 0.399 e. The summed E-state index contributed by atoms with van der Waals surface area (Å²) in [7, 11) is -3.11. The lowest BCUT2D eigenvalue weighted by molar-refractivity contribution is 0.00578. The molecule has 0 spiro atoms. The molecule has 0 N–H and O–H groups in total. The quantitative estimate of drug-likeness (QED) is 0.330. The first kappa shape index (κ1) is 21.6. The molecule has 2 aliphatic rings. The number of hydrogen-bond acceptors (Lipinski definition) is 4. The second kappa shape index (κ2) is 6.20. The highest BCUT2D eigenvalue weighted by Crippen LogP contribution is 2.38. The molecule has 0 amide bonds. The van der Waals surface area contributed by atoms with Gasteiger partial charge in [-0.1, -0.05) is 0 Å². The van der Waals surface area contributed by atoms with Crippen molar-refractivity contribution in [2.75, 3.05) is 0 Å². The molecule has 3 rings (SSSR count). The van der Waals surface area contributed by atoms with E-state index >= 15 is 4.39 Å². The van der Waals surface area contributed by atoms with Crippen molar-refractivity contribution >= 4 is 25.2 Å². The van der Waals surface area contributed by atoms with Crippen molar-refractivity contribution in [1.82, 2.24) is 0 Å². The Morgan fingerprint density at radius 2 is 0.714 bits per heavy atom. The van der Waals surface area contributed by atoms with Crippen LogP contribution in [0.4, 0.5) is 17.6 Å². The molecule has 0 bridgehead atoms. The standard InChI is InChI=1S/C18H24B2F4O4/c1-15(2)16(3,4)26-19(25-15)9-11(21)10(13(23)14(24)12(9)22)20-27-17(5,6)18(7,8)28-20/h1-8H3. The average molecular weight is 402 g/mol. The second-order valence-electron chi connectivity index (χ2n) is 9.26. The second-order valence-corrected chi connectivity index (χ2v) is 9.26. The largest absolute Gasteiger partial charge is 0.500 e. The van der Waals surface area contributed by atoms with Crippen molar-refractivity contribution in [3.63, 3.8) is 0 Å². The first-order chi connectivity index (χ1) is 12.5. The van der Waals surface area contributed by atoms with Gasteiger partial charge in [-0.05, 0) is 55.4 Å². The van der Waals surface area contributed by atoms with Gasteiger partial charge in [0.2, 0.25) is 0 Å². The van der Waals surface area contributed by atoms with Crippen molar-refractivity contribution in [3.8, 4) is 0 Å². The SMILES string of the molecule is CC1(C)OB(c2c(F)c(F)c(F)c(B3OC(C)(C)C(C)(C)O3)c2F)OC1(C)C. The lowest BCUT2D eigenvalue weighted by Crippen LogP contribution is -2.49. The van der Waals surface area contributed by atoms with Crippen LogP contribution in [-0.4, -0.2) is 36.6 Å². The molecule has 0 unspecified atom stereocenters. The topological polar surface area (TPSA) is 36.9 Å². The molecule has 10 heteroatoms. The molecule has 0 aliphatic carbocycles. The third-order valence-corrected chi connectivity index (χ3v) is 6.31. The highest BCUT2D eigenvalue weighted by atomic mass is 19.2. The molecule has 0 atom stereocenters. The van der Waals surface area contributed by atoms with Crippen LogP contribution in [0.5, 0.6) is 0 Å². The Hall–Kier alpha value is -1.09. The predicted molar refractivity (Wildman–Crippen MR) is 97.7 cm³/mol. The number of hydrogen-bond donors (Lipinski definition) is 0. The monoisotopic (exact) mass is 402 g/mol. The lowest BCUT2D eigenvalue weighted by Gasteiger charge is -2.32. The van der Waals surface area contributed by atoms with Crippen LogP contribution < -0.4 is 10.9 Å². The first-order valence-electron chi connectivity index (χ1n) is 9.09. The van der Waals surface area contributed by atoms with E-state index in [2.05, 4.69) is 0 Å². The van der Waals surface area contributed by atoms with Gasteiger partial charge in [-0.15, -0.1) is 0 Å². The molecule has 1 aromatic carbocycles. The fourth-order valence-electron chi connectivity index (χ4n) is 3.01. The Bertz CT molecular complexity index is 731. The molecular weight excluding hydrogens is 378 g/mol. The van der Waals surface area contributed by atoms with Gasteiger partial charge in [0.25, 0.3) is 0 Å². The van der Waals surface area contributed by atoms with E-state index in [9.17, 15) is 13.2 Å². The number of benzene rings is 1. The van der Waals surface area contributed by atoms with Crippen LogP contribution in [0, 0.1) is 23.3 Å². The summed E-state index contributed by atoms with van der Waals surface area (Å²) in [4.78, 5) is 0. The maximum Gasteiger partial charge on any atom is 0.500 e. The molecule has 4 nitrogen and oxygen atoms in total. The highest BCUT2D eigenvalue weighted by Gasteiger charge is 2.57. The Morgan fingerprint density at radius 3 is 0.964 bits per heavy atom. The molecule has 154 valence electrons. The van der Waals surface area contributed by atoms with E-state index < -0.39 is 70.8 Å². The van der Waals surface area contributed by atoms with Crippen LogP contribution in [0.25, 0.3) is 0 Å². The lowest BCUT2D eigenvalue weighted by atomic mass is 9.70. The molecular formula is C18H24B2F4O4. The zero-order valence-electron chi connectivity index (χ0n) is 17.3. The van der Waals surface area contributed by atoms with E-state index in [4.69, 9.17) is 18.6 Å². The summed E-state index contributed by atoms with van der Waals surface area (Å²) in [6.07, 6.45) is 0. The summed E-state index contributed by atoms with van der Waals surface area (Å²) in [5.41, 5.74) is -5.39. The minimum Gasteiger partial charge on any atom is -0.399 e. The van der Waals surface area contributed by atoms with Gasteiger partial charge in [0.05, 0.1) is 33.3 Å². The van der Waals surface area contributed by atoms with Crippen LogP contribution in [0.15, 0.2) is 0 Å². The van der Waals surface area contributed by atoms with Crippen LogP contribution in [0.2, 0.25) is 0 Å². The van der Waals surface area contributed by atoms with Crippen LogP contribution in [-0.2, 0) is 18.6 Å². The van der Waals surface area contributed by atoms with Gasteiger partial charge in [0, 0.05) is 0 Å². The van der Waals surface area contributed by atoms with E-state index in [1.54, 1.807) is 55.4 Å². The number of rotatable bonds is 2. The van der Waals surface area contributed by atoms with Crippen molar-refractivity contribution in [2.45, 2.75) is 77.8 Å². The summed E-state index contributed by atoms with van der Waals surface area (Å²) in [6.45, 7) is 13.4. The summed E-state index contributed by atoms with van der Waals surface area (Å²) in [5.74, 6) is -6.59. The molecule has 28 heavy (non-hydrogen) atoms. The van der Waals surface area contributed by atoms with Gasteiger partial charge in [-0.25, -0.2) is 17.6 Å². The summed E-state index contributed by atoms with van der Waals surface area (Å²) >= 11 is 0. The Morgan fingerprint density at radius 1 is 0.464 bits per heavy atom. The van der Waals surface area contributed by atoms with Gasteiger partial charge >= 0.3 is 14.2 Å². The first-order valence-corrected chi connectivity index (χ1v) is 9.09. The van der Waals surface area contributed by atoms with Crippen molar-refractivity contribution in [2.24, 2.45) is 0 Å². The third-order valence-electron chi connectivity index (χ3n) is 6.31. The molecule has 0 radical (unpaired) electrons. The Balaban J connectivity index is 2.13. The molecule has 2 heterocycles. The van der Waals surface area contributed by atoms with Crippen LogP contribution in [0.3, 0.4) is 0 Å². The minimum atomic E-state index is -1.84. The fraction of sp³-hybridized carbons (Fsp3) is 0.667. The predicted octanol–water partition coefficient (Wildman–Crippen LogP) is 2.84. The zero-order valence-corrected chi connectivity index (χ0v) is 17.3. The Labute approximate surface area is 163 Å². The maximum absolute atomic E-state index is 15.3. The van der Waals surface area contributed by atoms with Gasteiger partial charge < -0.3 is 18.6 Å². The molecule has 2 aliphatic heterocycles. The summed E-state index contributed by atoms with van der Waals surface area (Å²) in [5, 5.41) is 0. The van der Waals surface area contributed by atoms with Gasteiger partial charge in [0.1, 0.15) is 5.82 Å². The molecule has 1 aromatic rings. The normalized spacial score (nSPS) is 24.9. The number of halogens is 4. The van der Waals surface area contributed by atoms with Gasteiger partial charge in [-0.3, -0.25) is 0 Å². The average Bonchev–Trinajstić information content (AvgIpc) is 2.84. The molecule has 0 aromatic heterocycles. The van der Waals surface area contributed by atoms with Crippen LogP contribution in [0.1, 0.15) is 55.4 Å². The zero-order chi connectivity index (χ0) is 21.4. The summed E-state index contributed by atoms with van der Waals surface area (Å²) in [6, 6.07) is 0. The van der Waals surface area contributed by atoms with Crippen LogP contribution >= 0.6 is 0 Å². The van der Waals surface area contributed by atoms with E-state index in [1.807, 2.05) is 0 Å². The van der Waals surface area contributed by atoms with Gasteiger partial charge in [0.15, 0.2) is 17.5 Å². The molecule has 2 saturated heterocycles. The van der Waals surface area contributed by atoms with E-state index in [0.717, 1.165) is 0 Å². The van der Waals surface area contributed by atoms with Crippen molar-refractivity contribution in [3.05, 3.63) is 23.3 Å². The maximum atomic E-state index is 15.3. The highest BCUT2D eigenvalue weighted by molar-refractivity contribution is 6.66. The molecule has 0 saturated carbocycles.